The first kappa shape index (κ1) is 9.90. The molecule has 0 aromatic carbocycles. The molecule has 1 N–H and O–H groups in total. The Hall–Kier alpha value is -0.240. The van der Waals surface area contributed by atoms with E-state index >= 15 is 0 Å². The molecule has 0 heterocycles. The molecule has 0 saturated carbocycles. The van der Waals surface area contributed by atoms with Gasteiger partial charge in [-0.25, -0.2) is 0 Å². The molecule has 0 bridgehead atoms. The normalized spacial score (nSPS) is 6.71. The maximum Gasteiger partial charge on any atom is 0.0920 e. The molecule has 0 rings (SSSR count). The predicted octanol–water partition coefficient (Wildman–Crippen LogP) is 0.967. The molecule has 7 heavy (non-hydrogen) atoms. The predicted molar refractivity (Wildman–Crippen MR) is 34.3 cm³/mol. The second-order valence-electron chi connectivity index (χ2n) is 1.48. The zero-order chi connectivity index (χ0) is 5.15. The molecule has 0 aliphatic carbocycles. The summed E-state index contributed by atoms with van der Waals surface area (Å²) in [5.41, 5.74) is 0. The zero-order valence-corrected chi connectivity index (χ0v) is 5.67. The third-order valence-electron chi connectivity index (χ3n) is 0.671. The van der Waals surface area contributed by atoms with Gasteiger partial charge in [-0.2, -0.15) is 0 Å². The Kier molecular flexibility index (Phi) is 5.56. The van der Waals surface area contributed by atoms with E-state index in [4.69, 9.17) is 5.41 Å². The van der Waals surface area contributed by atoms with Crippen molar-refractivity contribution in [1.29, 1.82) is 5.41 Å². The molecule has 0 aliphatic rings. The molecule has 0 radical (unpaired) electrons. The van der Waals surface area contributed by atoms with Gasteiger partial charge in [-0.15, -0.1) is 12.4 Å². The SMILES string of the molecule is CC(=N)N(C)C.Cl. The van der Waals surface area contributed by atoms with Crippen molar-refractivity contribution in [2.45, 2.75) is 6.92 Å². The molecule has 0 aromatic rings. The quantitative estimate of drug-likeness (QED) is 0.376. The van der Waals surface area contributed by atoms with Gasteiger partial charge in [-0.3, -0.25) is 5.41 Å². The van der Waals surface area contributed by atoms with Gasteiger partial charge in [0.25, 0.3) is 0 Å². The lowest BCUT2D eigenvalue weighted by Gasteiger charge is -2.06. The number of rotatable bonds is 0. The minimum Gasteiger partial charge on any atom is -0.367 e. The highest BCUT2D eigenvalue weighted by Crippen LogP contribution is 1.70. The van der Waals surface area contributed by atoms with Gasteiger partial charge in [-0.05, 0) is 6.92 Å². The molecule has 0 spiro atoms. The first-order chi connectivity index (χ1) is 2.64. The molecule has 0 unspecified atom stereocenters. The fourth-order valence-corrected chi connectivity index (χ4v) is 0. The van der Waals surface area contributed by atoms with Crippen molar-refractivity contribution >= 4 is 18.2 Å². The van der Waals surface area contributed by atoms with Crippen LogP contribution in [0.5, 0.6) is 0 Å². The Bertz CT molecular complexity index is 60.7. The largest absolute Gasteiger partial charge is 0.367 e. The van der Waals surface area contributed by atoms with E-state index in [1.54, 1.807) is 11.8 Å². The summed E-state index contributed by atoms with van der Waals surface area (Å²) in [6.45, 7) is 1.75. The lowest BCUT2D eigenvalue weighted by atomic mass is 10.6. The van der Waals surface area contributed by atoms with Gasteiger partial charge in [0, 0.05) is 14.1 Å². The van der Waals surface area contributed by atoms with Crippen molar-refractivity contribution in [3.63, 3.8) is 0 Å². The smallest absolute Gasteiger partial charge is 0.0920 e. The van der Waals surface area contributed by atoms with Gasteiger partial charge in [0.15, 0.2) is 0 Å². The zero-order valence-electron chi connectivity index (χ0n) is 4.86. The van der Waals surface area contributed by atoms with Crippen LogP contribution in [-0.2, 0) is 0 Å². The average Bonchev–Trinajstić information content (AvgIpc) is 1.36. The summed E-state index contributed by atoms with van der Waals surface area (Å²) >= 11 is 0. The molecule has 0 saturated heterocycles. The molecule has 0 aromatic heterocycles. The monoisotopic (exact) mass is 122 g/mol. The van der Waals surface area contributed by atoms with Crippen LogP contribution in [0.15, 0.2) is 0 Å². The summed E-state index contributed by atoms with van der Waals surface area (Å²) in [6, 6.07) is 0. The molecule has 44 valence electrons. The van der Waals surface area contributed by atoms with Gasteiger partial charge in [0.05, 0.1) is 5.84 Å². The van der Waals surface area contributed by atoms with Crippen molar-refractivity contribution in [2.75, 3.05) is 14.1 Å². The van der Waals surface area contributed by atoms with Crippen LogP contribution < -0.4 is 0 Å². The molecule has 0 amide bonds. The van der Waals surface area contributed by atoms with Gasteiger partial charge in [0.2, 0.25) is 0 Å². The number of hydrogen-bond acceptors (Lipinski definition) is 1. The van der Waals surface area contributed by atoms with Crippen molar-refractivity contribution < 1.29 is 0 Å². The van der Waals surface area contributed by atoms with Crippen LogP contribution in [0.1, 0.15) is 6.92 Å². The first-order valence-electron chi connectivity index (χ1n) is 1.87. The summed E-state index contributed by atoms with van der Waals surface area (Å²) in [5.74, 6) is 0.593. The minimum absolute atomic E-state index is 0. The summed E-state index contributed by atoms with van der Waals surface area (Å²) in [4.78, 5) is 1.75. The summed E-state index contributed by atoms with van der Waals surface area (Å²) in [6.07, 6.45) is 0. The van der Waals surface area contributed by atoms with Crippen LogP contribution in [0.2, 0.25) is 0 Å². The number of hydrogen-bond donors (Lipinski definition) is 1. The summed E-state index contributed by atoms with van der Waals surface area (Å²) in [7, 11) is 3.70. The maximum atomic E-state index is 6.88. The van der Waals surface area contributed by atoms with Crippen LogP contribution in [-0.4, -0.2) is 24.8 Å². The number of nitrogens with one attached hydrogen (secondary N) is 1. The Morgan fingerprint density at radius 2 is 1.57 bits per heavy atom. The van der Waals surface area contributed by atoms with E-state index < -0.39 is 0 Å². The van der Waals surface area contributed by atoms with Crippen LogP contribution >= 0.6 is 12.4 Å². The van der Waals surface area contributed by atoms with Crippen LogP contribution in [0.3, 0.4) is 0 Å². The maximum absolute atomic E-state index is 6.88. The average molecular weight is 123 g/mol. The fourth-order valence-electron chi connectivity index (χ4n) is 0. The Morgan fingerprint density at radius 3 is 1.57 bits per heavy atom. The van der Waals surface area contributed by atoms with Crippen LogP contribution in [0.25, 0.3) is 0 Å². The summed E-state index contributed by atoms with van der Waals surface area (Å²) < 4.78 is 0. The van der Waals surface area contributed by atoms with E-state index in [0.717, 1.165) is 0 Å². The molecule has 3 heteroatoms. The fraction of sp³-hybridized carbons (Fsp3) is 0.750. The Balaban J connectivity index is 0. The van der Waals surface area contributed by atoms with E-state index in [0.29, 0.717) is 5.84 Å². The highest BCUT2D eigenvalue weighted by atomic mass is 35.5. The van der Waals surface area contributed by atoms with Crippen LogP contribution in [0.4, 0.5) is 0 Å². The Labute approximate surface area is 50.4 Å². The van der Waals surface area contributed by atoms with Crippen LogP contribution in [0, 0.1) is 5.41 Å². The van der Waals surface area contributed by atoms with E-state index in [1.165, 1.54) is 0 Å². The lowest BCUT2D eigenvalue weighted by molar-refractivity contribution is 0.613. The van der Waals surface area contributed by atoms with Crippen molar-refractivity contribution in [3.8, 4) is 0 Å². The van der Waals surface area contributed by atoms with Gasteiger partial charge in [-0.1, -0.05) is 0 Å². The van der Waals surface area contributed by atoms with Crippen molar-refractivity contribution in [2.24, 2.45) is 0 Å². The third kappa shape index (κ3) is 5.76. The molecule has 0 atom stereocenters. The second kappa shape index (κ2) is 3.93. The minimum atomic E-state index is 0. The molecular weight excluding hydrogens is 112 g/mol. The van der Waals surface area contributed by atoms with E-state index in [2.05, 4.69) is 0 Å². The van der Waals surface area contributed by atoms with E-state index in [9.17, 15) is 0 Å². The number of nitrogens with zero attached hydrogens (tertiary/aromatic N) is 1. The first-order valence-corrected chi connectivity index (χ1v) is 1.87. The highest BCUT2D eigenvalue weighted by Gasteiger charge is 1.81. The second-order valence-corrected chi connectivity index (χ2v) is 1.48. The molecule has 2 nitrogen and oxygen atoms in total. The van der Waals surface area contributed by atoms with Gasteiger partial charge < -0.3 is 4.90 Å². The van der Waals surface area contributed by atoms with Gasteiger partial charge >= 0.3 is 0 Å². The van der Waals surface area contributed by atoms with Crippen molar-refractivity contribution in [1.82, 2.24) is 4.90 Å². The topological polar surface area (TPSA) is 27.1 Å². The van der Waals surface area contributed by atoms with Crippen molar-refractivity contribution in [3.05, 3.63) is 0 Å². The molecule has 0 aliphatic heterocycles. The van der Waals surface area contributed by atoms with Gasteiger partial charge in [0.1, 0.15) is 0 Å². The number of amidine groups is 1. The molecule has 0 fully saturated rings. The lowest BCUT2D eigenvalue weighted by Crippen LogP contribution is -2.16. The van der Waals surface area contributed by atoms with E-state index in [-0.39, 0.29) is 12.4 Å². The standard InChI is InChI=1S/C4H10N2.ClH/c1-4(5)6(2)3;/h5H,1-3H3;1H. The molecular formula is C4H11ClN2. The van der Waals surface area contributed by atoms with E-state index in [1.807, 2.05) is 14.1 Å². The third-order valence-corrected chi connectivity index (χ3v) is 0.671. The Morgan fingerprint density at radius 1 is 1.43 bits per heavy atom. The highest BCUT2D eigenvalue weighted by molar-refractivity contribution is 5.85. The summed E-state index contributed by atoms with van der Waals surface area (Å²) in [5, 5.41) is 6.88. The number of halogens is 1.